The molecule has 0 saturated carbocycles. The quantitative estimate of drug-likeness (QED) is 0.172. The van der Waals surface area contributed by atoms with Crippen LogP contribution in [0.3, 0.4) is 0 Å². The predicted molar refractivity (Wildman–Crippen MR) is 97.7 cm³/mol. The first kappa shape index (κ1) is 19.8. The summed E-state index contributed by atoms with van der Waals surface area (Å²) in [5, 5.41) is 7.68. The molecule has 1 aromatic heterocycles. The third kappa shape index (κ3) is 6.08. The van der Waals surface area contributed by atoms with Crippen LogP contribution in [0, 0.1) is 0 Å². The van der Waals surface area contributed by atoms with Crippen LogP contribution in [0.2, 0.25) is 0 Å². The number of carbonyl (C=O) groups is 3. The summed E-state index contributed by atoms with van der Waals surface area (Å²) < 4.78 is 0. The normalized spacial score (nSPS) is 15.4. The van der Waals surface area contributed by atoms with Gasteiger partial charge in [-0.05, 0) is 12.8 Å². The average Bonchev–Trinajstić information content (AvgIpc) is 3.13. The third-order valence-corrected chi connectivity index (χ3v) is 4.55. The van der Waals surface area contributed by atoms with Gasteiger partial charge in [0.15, 0.2) is 11.0 Å². The molecule has 2 heterocycles. The summed E-state index contributed by atoms with van der Waals surface area (Å²) >= 11 is 1.21. The minimum atomic E-state index is -0.735. The Morgan fingerprint density at radius 3 is 2.92 bits per heavy atom. The van der Waals surface area contributed by atoms with Gasteiger partial charge in [0, 0.05) is 31.2 Å². The molecule has 1 aliphatic heterocycles. The van der Waals surface area contributed by atoms with E-state index in [0.29, 0.717) is 37.5 Å². The Morgan fingerprint density at radius 2 is 2.27 bits per heavy atom. The van der Waals surface area contributed by atoms with Crippen molar-refractivity contribution in [1.82, 2.24) is 20.5 Å². The number of aliphatic imine (C=N–C) groups is 1. The van der Waals surface area contributed by atoms with E-state index in [9.17, 15) is 14.4 Å². The number of nitrogens with two attached hydrogens (primary N) is 2. The van der Waals surface area contributed by atoms with Gasteiger partial charge in [0.25, 0.3) is 0 Å². The van der Waals surface area contributed by atoms with Crippen molar-refractivity contribution in [1.29, 1.82) is 0 Å². The summed E-state index contributed by atoms with van der Waals surface area (Å²) in [5.41, 5.74) is 10.6. The van der Waals surface area contributed by atoms with Crippen LogP contribution in [-0.4, -0.2) is 72.2 Å². The molecule has 10 nitrogen and oxygen atoms in total. The average molecular weight is 381 g/mol. The zero-order chi connectivity index (χ0) is 18.9. The van der Waals surface area contributed by atoms with Crippen LogP contribution in [0.15, 0.2) is 16.6 Å². The molecule has 142 valence electrons. The molecule has 26 heavy (non-hydrogen) atoms. The zero-order valence-corrected chi connectivity index (χ0v) is 15.1. The van der Waals surface area contributed by atoms with Gasteiger partial charge in [-0.2, -0.15) is 0 Å². The van der Waals surface area contributed by atoms with Crippen molar-refractivity contribution < 1.29 is 14.4 Å². The van der Waals surface area contributed by atoms with Gasteiger partial charge in [-0.3, -0.25) is 19.4 Å². The van der Waals surface area contributed by atoms with Crippen LogP contribution < -0.4 is 22.1 Å². The second kappa shape index (κ2) is 9.82. The largest absolute Gasteiger partial charge is 0.370 e. The lowest BCUT2D eigenvalue weighted by Crippen LogP contribution is -2.53. The Morgan fingerprint density at radius 1 is 1.46 bits per heavy atom. The number of ketones is 1. The Kier molecular flexibility index (Phi) is 7.48. The van der Waals surface area contributed by atoms with Gasteiger partial charge in [-0.15, -0.1) is 11.3 Å². The minimum absolute atomic E-state index is 0.0194. The van der Waals surface area contributed by atoms with Crippen LogP contribution >= 0.6 is 11.3 Å². The highest BCUT2D eigenvalue weighted by atomic mass is 32.1. The maximum absolute atomic E-state index is 12.6. The molecular formula is C15H23N7O3S. The van der Waals surface area contributed by atoms with Crippen molar-refractivity contribution in [2.75, 3.05) is 32.7 Å². The van der Waals surface area contributed by atoms with Crippen molar-refractivity contribution in [3.8, 4) is 0 Å². The number of nitrogens with one attached hydrogen (secondary N) is 2. The Labute approximate surface area is 155 Å². The highest BCUT2D eigenvalue weighted by molar-refractivity contribution is 7.11. The molecule has 2 amide bonds. The van der Waals surface area contributed by atoms with E-state index in [2.05, 4.69) is 20.6 Å². The molecule has 1 unspecified atom stereocenters. The molecule has 1 saturated heterocycles. The number of amides is 2. The fraction of sp³-hybridized carbons (Fsp3) is 0.533. The summed E-state index contributed by atoms with van der Waals surface area (Å²) in [4.78, 5) is 46.0. The van der Waals surface area contributed by atoms with E-state index in [1.807, 2.05) is 0 Å². The van der Waals surface area contributed by atoms with Crippen molar-refractivity contribution in [3.63, 3.8) is 0 Å². The minimum Gasteiger partial charge on any atom is -0.370 e. The number of thiazole rings is 1. The number of hydrogen-bond acceptors (Lipinski definition) is 7. The van der Waals surface area contributed by atoms with E-state index < -0.39 is 6.04 Å². The first-order valence-electron chi connectivity index (χ1n) is 8.24. The number of Topliss-reactive ketones (excluding diaryl/α,β-unsaturated/α-hetero) is 1. The monoisotopic (exact) mass is 381 g/mol. The van der Waals surface area contributed by atoms with E-state index in [1.165, 1.54) is 22.4 Å². The van der Waals surface area contributed by atoms with Gasteiger partial charge >= 0.3 is 0 Å². The molecular weight excluding hydrogens is 358 g/mol. The number of piperazine rings is 1. The van der Waals surface area contributed by atoms with Gasteiger partial charge in [-0.1, -0.05) is 0 Å². The van der Waals surface area contributed by atoms with Crippen molar-refractivity contribution in [2.24, 2.45) is 16.5 Å². The van der Waals surface area contributed by atoms with Crippen molar-refractivity contribution >= 4 is 34.9 Å². The van der Waals surface area contributed by atoms with E-state index in [0.717, 1.165) is 0 Å². The third-order valence-electron chi connectivity index (χ3n) is 3.76. The maximum atomic E-state index is 12.6. The number of aromatic nitrogens is 1. The smallest absolute Gasteiger partial charge is 0.240 e. The molecule has 11 heteroatoms. The summed E-state index contributed by atoms with van der Waals surface area (Å²) in [6.45, 7) is 1.60. The second-order valence-corrected chi connectivity index (χ2v) is 6.66. The van der Waals surface area contributed by atoms with Crippen LogP contribution in [0.5, 0.6) is 0 Å². The highest BCUT2D eigenvalue weighted by Crippen LogP contribution is 2.11. The number of hydrogen-bond donors (Lipinski definition) is 4. The summed E-state index contributed by atoms with van der Waals surface area (Å²) in [6, 6.07) is -0.735. The van der Waals surface area contributed by atoms with Gasteiger partial charge in [0.1, 0.15) is 0 Å². The molecule has 1 atom stereocenters. The lowest BCUT2D eigenvalue weighted by molar-refractivity contribution is -0.136. The molecule has 0 bridgehead atoms. The van der Waals surface area contributed by atoms with Crippen LogP contribution in [0.1, 0.15) is 22.6 Å². The lowest BCUT2D eigenvalue weighted by Gasteiger charge is -2.27. The van der Waals surface area contributed by atoms with Gasteiger partial charge < -0.3 is 27.0 Å². The molecule has 6 N–H and O–H groups in total. The predicted octanol–water partition coefficient (Wildman–Crippen LogP) is -1.70. The molecule has 0 spiro atoms. The molecule has 1 aromatic rings. The molecule has 1 aliphatic rings. The molecule has 0 aliphatic carbocycles. The Bertz CT molecular complexity index is 658. The Balaban J connectivity index is 1.95. The van der Waals surface area contributed by atoms with Crippen LogP contribution in [0.25, 0.3) is 0 Å². The van der Waals surface area contributed by atoms with Gasteiger partial charge in [0.2, 0.25) is 17.6 Å². The summed E-state index contributed by atoms with van der Waals surface area (Å²) in [7, 11) is 0. The van der Waals surface area contributed by atoms with Crippen LogP contribution in [0.4, 0.5) is 0 Å². The fourth-order valence-corrected chi connectivity index (χ4v) is 3.12. The molecule has 2 rings (SSSR count). The lowest BCUT2D eigenvalue weighted by atomic mass is 10.1. The van der Waals surface area contributed by atoms with E-state index in [1.54, 1.807) is 5.38 Å². The van der Waals surface area contributed by atoms with Gasteiger partial charge in [0.05, 0.1) is 19.1 Å². The van der Waals surface area contributed by atoms with Gasteiger partial charge in [-0.25, -0.2) is 4.98 Å². The van der Waals surface area contributed by atoms with E-state index in [-0.39, 0.29) is 36.6 Å². The molecule has 0 aromatic carbocycles. The molecule has 0 radical (unpaired) electrons. The Hall–Kier alpha value is -2.53. The SMILES string of the molecule is NC(N)=NCCCC(NC(=O)CN1CCNCC1=O)C(=O)c1nccs1. The topological polar surface area (TPSA) is 156 Å². The summed E-state index contributed by atoms with van der Waals surface area (Å²) in [5.74, 6) is -0.794. The number of guanidine groups is 1. The van der Waals surface area contributed by atoms with Crippen LogP contribution in [-0.2, 0) is 9.59 Å². The second-order valence-electron chi connectivity index (χ2n) is 5.76. The molecule has 1 fully saturated rings. The standard InChI is InChI=1S/C15H23N7O3S/c16-15(17)20-3-1-2-10(13(25)14-19-5-7-26-14)21-11(23)9-22-6-4-18-8-12(22)24/h5,7,10,18H,1-4,6,8-9H2,(H,21,23)(H4,16,17,20). The number of nitrogens with zero attached hydrogens (tertiary/aromatic N) is 3. The van der Waals surface area contributed by atoms with Crippen molar-refractivity contribution in [3.05, 3.63) is 16.6 Å². The number of rotatable bonds is 9. The maximum Gasteiger partial charge on any atom is 0.240 e. The van der Waals surface area contributed by atoms with E-state index >= 15 is 0 Å². The van der Waals surface area contributed by atoms with E-state index in [4.69, 9.17) is 11.5 Å². The van der Waals surface area contributed by atoms with Crippen molar-refractivity contribution in [2.45, 2.75) is 18.9 Å². The zero-order valence-electron chi connectivity index (χ0n) is 14.3. The fourth-order valence-electron chi connectivity index (χ4n) is 2.49. The number of carbonyl (C=O) groups excluding carboxylic acids is 3. The highest BCUT2D eigenvalue weighted by Gasteiger charge is 2.26. The summed E-state index contributed by atoms with van der Waals surface area (Å²) in [6.07, 6.45) is 2.43. The first-order valence-corrected chi connectivity index (χ1v) is 9.12. The first-order chi connectivity index (χ1) is 12.5.